The zero-order valence-electron chi connectivity index (χ0n) is 12.7. The molecule has 0 aliphatic rings. The molecule has 0 bridgehead atoms. The summed E-state index contributed by atoms with van der Waals surface area (Å²) in [5.74, 6) is 0. The van der Waals surface area contributed by atoms with Crippen molar-refractivity contribution in [2.24, 2.45) is 0 Å². The maximum absolute atomic E-state index is 3.26. The van der Waals surface area contributed by atoms with Gasteiger partial charge in [0.2, 0.25) is 0 Å². The van der Waals surface area contributed by atoms with E-state index in [0.717, 1.165) is 0 Å². The van der Waals surface area contributed by atoms with Crippen LogP contribution in [0, 0.1) is 0 Å². The van der Waals surface area contributed by atoms with Crippen molar-refractivity contribution in [2.45, 2.75) is 0 Å². The minimum atomic E-state index is 1.23. The Hall–Kier alpha value is -3.06. The molecule has 0 radical (unpaired) electrons. The van der Waals surface area contributed by atoms with Gasteiger partial charge in [-0.05, 0) is 22.2 Å². The Bertz CT molecular complexity index is 1010. The summed E-state index contributed by atoms with van der Waals surface area (Å²) in [5, 5.41) is 6.48. The van der Waals surface area contributed by atoms with Crippen molar-refractivity contribution >= 4 is 32.4 Å². The number of aromatic nitrogens is 1. The van der Waals surface area contributed by atoms with Crippen LogP contribution < -0.4 is 0 Å². The lowest BCUT2D eigenvalue weighted by Gasteiger charge is -1.97. The van der Waals surface area contributed by atoms with Gasteiger partial charge >= 0.3 is 0 Å². The molecule has 4 aromatic carbocycles. The van der Waals surface area contributed by atoms with Crippen LogP contribution in [0.1, 0.15) is 0 Å². The van der Waals surface area contributed by atoms with E-state index in [1.165, 1.54) is 32.4 Å². The van der Waals surface area contributed by atoms with Gasteiger partial charge in [-0.2, -0.15) is 0 Å². The van der Waals surface area contributed by atoms with Crippen LogP contribution in [-0.2, 0) is 0 Å². The predicted octanol–water partition coefficient (Wildman–Crippen LogP) is 6.16. The molecular formula is C22H17N. The highest BCUT2D eigenvalue weighted by Gasteiger charge is 1.98. The molecule has 110 valence electrons. The Morgan fingerprint density at radius 1 is 0.435 bits per heavy atom. The number of fused-ring (bicyclic) bond motifs is 4. The van der Waals surface area contributed by atoms with Crippen LogP contribution in [0.2, 0.25) is 0 Å². The SMILES string of the molecule is c1ccc2c(c1)ccc1cc[nH]c12.c1ccc2ccccc2c1. The lowest BCUT2D eigenvalue weighted by atomic mass is 10.1. The molecule has 1 N–H and O–H groups in total. The minimum Gasteiger partial charge on any atom is -0.361 e. The second-order valence-corrected chi connectivity index (χ2v) is 5.58. The zero-order chi connectivity index (χ0) is 15.5. The number of aromatic amines is 1. The molecule has 1 nitrogen and oxygen atoms in total. The number of hydrogen-bond acceptors (Lipinski definition) is 0. The van der Waals surface area contributed by atoms with E-state index in [-0.39, 0.29) is 0 Å². The fourth-order valence-electron chi connectivity index (χ4n) is 2.94. The molecule has 0 amide bonds. The van der Waals surface area contributed by atoms with Crippen LogP contribution in [0.3, 0.4) is 0 Å². The Kier molecular flexibility index (Phi) is 3.53. The highest BCUT2D eigenvalue weighted by molar-refractivity contribution is 6.05. The van der Waals surface area contributed by atoms with Gasteiger partial charge in [0.25, 0.3) is 0 Å². The molecule has 0 aliphatic carbocycles. The van der Waals surface area contributed by atoms with Gasteiger partial charge in [0, 0.05) is 17.0 Å². The molecule has 1 aromatic heterocycles. The first-order chi connectivity index (χ1) is 11.4. The van der Waals surface area contributed by atoms with Gasteiger partial charge in [0.1, 0.15) is 0 Å². The van der Waals surface area contributed by atoms with E-state index in [2.05, 4.69) is 96.0 Å². The summed E-state index contributed by atoms with van der Waals surface area (Å²) in [6, 6.07) is 31.5. The Labute approximate surface area is 135 Å². The topological polar surface area (TPSA) is 15.8 Å². The first-order valence-corrected chi connectivity index (χ1v) is 7.80. The van der Waals surface area contributed by atoms with E-state index in [1.54, 1.807) is 0 Å². The van der Waals surface area contributed by atoms with Crippen molar-refractivity contribution in [1.82, 2.24) is 4.98 Å². The minimum absolute atomic E-state index is 1.23. The van der Waals surface area contributed by atoms with Crippen LogP contribution in [0.4, 0.5) is 0 Å². The molecule has 0 saturated carbocycles. The summed E-state index contributed by atoms with van der Waals surface area (Å²) in [4.78, 5) is 3.26. The van der Waals surface area contributed by atoms with E-state index in [9.17, 15) is 0 Å². The normalized spacial score (nSPS) is 10.6. The first kappa shape index (κ1) is 13.6. The first-order valence-electron chi connectivity index (χ1n) is 7.80. The van der Waals surface area contributed by atoms with Crippen molar-refractivity contribution in [3.63, 3.8) is 0 Å². The molecule has 1 heterocycles. The third-order valence-corrected chi connectivity index (χ3v) is 4.11. The van der Waals surface area contributed by atoms with Gasteiger partial charge in [-0.1, -0.05) is 84.9 Å². The van der Waals surface area contributed by atoms with Crippen LogP contribution >= 0.6 is 0 Å². The van der Waals surface area contributed by atoms with E-state index >= 15 is 0 Å². The van der Waals surface area contributed by atoms with Gasteiger partial charge in [-0.3, -0.25) is 0 Å². The van der Waals surface area contributed by atoms with E-state index < -0.39 is 0 Å². The molecule has 0 atom stereocenters. The number of hydrogen-bond donors (Lipinski definition) is 1. The zero-order valence-corrected chi connectivity index (χ0v) is 12.7. The van der Waals surface area contributed by atoms with Crippen molar-refractivity contribution < 1.29 is 0 Å². The maximum Gasteiger partial charge on any atom is 0.0533 e. The molecule has 0 saturated heterocycles. The van der Waals surface area contributed by atoms with E-state index in [1.807, 2.05) is 6.20 Å². The molecule has 5 aromatic rings. The second kappa shape index (κ2) is 5.98. The molecule has 0 aliphatic heterocycles. The van der Waals surface area contributed by atoms with Gasteiger partial charge < -0.3 is 4.98 Å². The quantitative estimate of drug-likeness (QED) is 0.352. The Balaban J connectivity index is 0.000000122. The average Bonchev–Trinajstić information content (AvgIpc) is 3.12. The molecule has 23 heavy (non-hydrogen) atoms. The van der Waals surface area contributed by atoms with Crippen LogP contribution in [0.5, 0.6) is 0 Å². The van der Waals surface area contributed by atoms with Crippen molar-refractivity contribution in [3.8, 4) is 0 Å². The van der Waals surface area contributed by atoms with Crippen molar-refractivity contribution in [2.75, 3.05) is 0 Å². The third kappa shape index (κ3) is 2.69. The summed E-state index contributed by atoms with van der Waals surface area (Å²) in [7, 11) is 0. The van der Waals surface area contributed by atoms with Gasteiger partial charge in [-0.15, -0.1) is 0 Å². The molecule has 1 heteroatoms. The van der Waals surface area contributed by atoms with Crippen LogP contribution in [0.25, 0.3) is 32.4 Å². The lowest BCUT2D eigenvalue weighted by Crippen LogP contribution is -1.73. The molecule has 5 rings (SSSR count). The van der Waals surface area contributed by atoms with Gasteiger partial charge in [0.05, 0.1) is 5.52 Å². The number of nitrogens with one attached hydrogen (secondary N) is 1. The summed E-state index contributed by atoms with van der Waals surface area (Å²) in [6.07, 6.45) is 1.98. The van der Waals surface area contributed by atoms with Crippen LogP contribution in [0.15, 0.2) is 97.2 Å². The molecular weight excluding hydrogens is 278 g/mol. The highest BCUT2D eigenvalue weighted by atomic mass is 14.7. The highest BCUT2D eigenvalue weighted by Crippen LogP contribution is 2.23. The van der Waals surface area contributed by atoms with Crippen molar-refractivity contribution in [3.05, 3.63) is 97.2 Å². The maximum atomic E-state index is 3.26. The standard InChI is InChI=1S/C12H9N.C10H8/c1-2-4-11-9(3-1)5-6-10-7-8-13-12(10)11;1-2-6-10-8-4-3-7-9(10)5-1/h1-8,13H;1-8H. The lowest BCUT2D eigenvalue weighted by molar-refractivity contribution is 1.49. The molecule has 0 fully saturated rings. The number of benzene rings is 4. The summed E-state index contributed by atoms with van der Waals surface area (Å²) >= 11 is 0. The summed E-state index contributed by atoms with van der Waals surface area (Å²) in [6.45, 7) is 0. The smallest absolute Gasteiger partial charge is 0.0533 e. The second-order valence-electron chi connectivity index (χ2n) is 5.58. The van der Waals surface area contributed by atoms with Gasteiger partial charge in [-0.25, -0.2) is 0 Å². The molecule has 0 unspecified atom stereocenters. The Morgan fingerprint density at radius 2 is 0.957 bits per heavy atom. The van der Waals surface area contributed by atoms with E-state index in [4.69, 9.17) is 0 Å². The van der Waals surface area contributed by atoms with Crippen LogP contribution in [-0.4, -0.2) is 4.98 Å². The summed E-state index contributed by atoms with van der Waals surface area (Å²) in [5.41, 5.74) is 1.23. The largest absolute Gasteiger partial charge is 0.361 e. The fraction of sp³-hybridized carbons (Fsp3) is 0. The molecule has 0 spiro atoms. The average molecular weight is 295 g/mol. The van der Waals surface area contributed by atoms with E-state index in [0.29, 0.717) is 0 Å². The third-order valence-electron chi connectivity index (χ3n) is 4.11. The van der Waals surface area contributed by atoms with Crippen molar-refractivity contribution in [1.29, 1.82) is 0 Å². The predicted molar refractivity (Wildman–Crippen MR) is 99.8 cm³/mol. The monoisotopic (exact) mass is 295 g/mol. The summed E-state index contributed by atoms with van der Waals surface area (Å²) < 4.78 is 0. The van der Waals surface area contributed by atoms with Gasteiger partial charge in [0.15, 0.2) is 0 Å². The fourth-order valence-corrected chi connectivity index (χ4v) is 2.94. The Morgan fingerprint density at radius 3 is 1.61 bits per heavy atom. The number of rotatable bonds is 0. The number of H-pyrrole nitrogens is 1.